The number of aromatic nitrogens is 2. The Kier molecular flexibility index (Phi) is 3.39. The zero-order chi connectivity index (χ0) is 12.3. The summed E-state index contributed by atoms with van der Waals surface area (Å²) in [4.78, 5) is 20.1. The van der Waals surface area contributed by atoms with Crippen molar-refractivity contribution in [2.45, 2.75) is 5.16 Å². The zero-order valence-corrected chi connectivity index (χ0v) is 9.94. The Morgan fingerprint density at radius 1 is 1.24 bits per heavy atom. The SMILES string of the molecule is CSc1nccc(-c2ccccc(O)c2=O)n1. The molecule has 0 bridgehead atoms. The normalized spacial score (nSPS) is 10.2. The van der Waals surface area contributed by atoms with Gasteiger partial charge >= 0.3 is 0 Å². The predicted octanol–water partition coefficient (Wildman–Crippen LogP) is 1.93. The Balaban J connectivity index is 2.65. The van der Waals surface area contributed by atoms with Crippen LogP contribution in [-0.4, -0.2) is 21.3 Å². The molecule has 0 unspecified atom stereocenters. The van der Waals surface area contributed by atoms with Gasteiger partial charge in [0.2, 0.25) is 5.43 Å². The fraction of sp³-hybridized carbons (Fsp3) is 0.0833. The number of aromatic hydroxyl groups is 1. The van der Waals surface area contributed by atoms with E-state index in [9.17, 15) is 9.90 Å². The summed E-state index contributed by atoms with van der Waals surface area (Å²) in [7, 11) is 0. The molecule has 0 aliphatic rings. The minimum absolute atomic E-state index is 0.283. The summed E-state index contributed by atoms with van der Waals surface area (Å²) in [5.41, 5.74) is 0.451. The Labute approximate surface area is 102 Å². The highest BCUT2D eigenvalue weighted by atomic mass is 32.2. The van der Waals surface area contributed by atoms with Crippen molar-refractivity contribution in [3.8, 4) is 17.0 Å². The van der Waals surface area contributed by atoms with E-state index in [1.54, 1.807) is 30.5 Å². The maximum absolute atomic E-state index is 11.9. The Bertz CT molecular complexity index is 602. The molecule has 0 aliphatic heterocycles. The smallest absolute Gasteiger partial charge is 0.229 e. The lowest BCUT2D eigenvalue weighted by atomic mass is 10.2. The lowest BCUT2D eigenvalue weighted by Gasteiger charge is -1.99. The van der Waals surface area contributed by atoms with Crippen LogP contribution in [-0.2, 0) is 0 Å². The quantitative estimate of drug-likeness (QED) is 0.648. The van der Waals surface area contributed by atoms with Crippen LogP contribution in [0.3, 0.4) is 0 Å². The van der Waals surface area contributed by atoms with Gasteiger partial charge in [0.05, 0.1) is 11.3 Å². The number of thioether (sulfide) groups is 1. The van der Waals surface area contributed by atoms with E-state index in [2.05, 4.69) is 9.97 Å². The van der Waals surface area contributed by atoms with Crippen LogP contribution >= 0.6 is 11.8 Å². The number of nitrogens with zero attached hydrogens (tertiary/aromatic N) is 2. The topological polar surface area (TPSA) is 63.1 Å². The molecule has 0 radical (unpaired) electrons. The van der Waals surface area contributed by atoms with Gasteiger partial charge in [0.1, 0.15) is 0 Å². The molecule has 1 aromatic heterocycles. The van der Waals surface area contributed by atoms with Crippen molar-refractivity contribution in [3.05, 3.63) is 46.8 Å². The first-order valence-electron chi connectivity index (χ1n) is 4.92. The summed E-state index contributed by atoms with van der Waals surface area (Å²) >= 11 is 1.40. The van der Waals surface area contributed by atoms with Crippen molar-refractivity contribution in [2.75, 3.05) is 6.26 Å². The third-order valence-electron chi connectivity index (χ3n) is 2.20. The van der Waals surface area contributed by atoms with Gasteiger partial charge in [-0.25, -0.2) is 9.97 Å². The van der Waals surface area contributed by atoms with Crippen LogP contribution in [0.5, 0.6) is 5.75 Å². The van der Waals surface area contributed by atoms with Crippen LogP contribution in [0.1, 0.15) is 0 Å². The van der Waals surface area contributed by atoms with Crippen LogP contribution in [0.2, 0.25) is 0 Å². The largest absolute Gasteiger partial charge is 0.504 e. The van der Waals surface area contributed by atoms with E-state index >= 15 is 0 Å². The third-order valence-corrected chi connectivity index (χ3v) is 2.76. The Hall–Kier alpha value is -1.88. The van der Waals surface area contributed by atoms with E-state index in [-0.39, 0.29) is 5.75 Å². The van der Waals surface area contributed by atoms with Gasteiger partial charge in [-0.1, -0.05) is 23.9 Å². The van der Waals surface area contributed by atoms with Crippen molar-refractivity contribution < 1.29 is 5.11 Å². The number of rotatable bonds is 2. The molecule has 2 aromatic rings. The second-order valence-corrected chi connectivity index (χ2v) is 4.05. The maximum Gasteiger partial charge on any atom is 0.229 e. The molecule has 5 heteroatoms. The summed E-state index contributed by atoms with van der Waals surface area (Å²) < 4.78 is 0. The van der Waals surface area contributed by atoms with Gasteiger partial charge in [0.15, 0.2) is 10.9 Å². The monoisotopic (exact) mass is 246 g/mol. The van der Waals surface area contributed by atoms with Crippen LogP contribution in [0.4, 0.5) is 0 Å². The summed E-state index contributed by atoms with van der Waals surface area (Å²) in [5.74, 6) is -0.283. The first kappa shape index (κ1) is 11.6. The van der Waals surface area contributed by atoms with Gasteiger partial charge in [-0.3, -0.25) is 4.79 Å². The number of hydrogen-bond acceptors (Lipinski definition) is 5. The maximum atomic E-state index is 11.9. The van der Waals surface area contributed by atoms with Crippen molar-refractivity contribution in [1.29, 1.82) is 0 Å². The van der Waals surface area contributed by atoms with E-state index in [4.69, 9.17) is 0 Å². The fourth-order valence-corrected chi connectivity index (χ4v) is 1.73. The first-order valence-corrected chi connectivity index (χ1v) is 6.14. The lowest BCUT2D eigenvalue weighted by molar-refractivity contribution is 0.471. The second-order valence-electron chi connectivity index (χ2n) is 3.27. The molecule has 1 heterocycles. The fourth-order valence-electron chi connectivity index (χ4n) is 1.38. The highest BCUT2D eigenvalue weighted by molar-refractivity contribution is 7.98. The molecule has 2 rings (SSSR count). The average Bonchev–Trinajstić information content (AvgIpc) is 2.53. The molecule has 0 amide bonds. The van der Waals surface area contributed by atoms with Crippen molar-refractivity contribution in [1.82, 2.24) is 9.97 Å². The van der Waals surface area contributed by atoms with Crippen LogP contribution < -0.4 is 5.43 Å². The van der Waals surface area contributed by atoms with Crippen molar-refractivity contribution >= 4 is 11.8 Å². The van der Waals surface area contributed by atoms with Crippen LogP contribution in [0.25, 0.3) is 11.3 Å². The van der Waals surface area contributed by atoms with Crippen molar-refractivity contribution in [3.63, 3.8) is 0 Å². The lowest BCUT2D eigenvalue weighted by Crippen LogP contribution is -2.02. The molecule has 17 heavy (non-hydrogen) atoms. The van der Waals surface area contributed by atoms with Gasteiger partial charge in [-0.05, 0) is 24.5 Å². The molecular weight excluding hydrogens is 236 g/mol. The molecule has 86 valence electrons. The molecule has 0 aliphatic carbocycles. The van der Waals surface area contributed by atoms with Gasteiger partial charge in [-0.15, -0.1) is 0 Å². The minimum Gasteiger partial charge on any atom is -0.504 e. The van der Waals surface area contributed by atoms with E-state index in [0.29, 0.717) is 16.4 Å². The van der Waals surface area contributed by atoms with E-state index < -0.39 is 5.43 Å². The second kappa shape index (κ2) is 4.97. The van der Waals surface area contributed by atoms with E-state index in [1.807, 2.05) is 6.26 Å². The standard InChI is InChI=1S/C12H10N2O2S/c1-17-12-13-7-6-9(14-12)8-4-2-3-5-10(15)11(8)16/h2-7H,1H3,(H,15,16). The molecule has 1 aromatic carbocycles. The Morgan fingerprint density at radius 2 is 2.00 bits per heavy atom. The zero-order valence-electron chi connectivity index (χ0n) is 9.12. The molecule has 1 N–H and O–H groups in total. The first-order chi connectivity index (χ1) is 8.22. The molecule has 0 atom stereocenters. The predicted molar refractivity (Wildman–Crippen MR) is 67.2 cm³/mol. The molecular formula is C12H10N2O2S. The summed E-state index contributed by atoms with van der Waals surface area (Å²) in [5, 5.41) is 10.1. The number of hydrogen-bond donors (Lipinski definition) is 1. The van der Waals surface area contributed by atoms with Gasteiger partial charge < -0.3 is 5.11 Å². The molecule has 0 saturated heterocycles. The van der Waals surface area contributed by atoms with Crippen LogP contribution in [0, 0.1) is 0 Å². The molecule has 0 saturated carbocycles. The summed E-state index contributed by atoms with van der Waals surface area (Å²) in [6.45, 7) is 0. The highest BCUT2D eigenvalue weighted by Gasteiger charge is 2.07. The minimum atomic E-state index is -0.430. The average molecular weight is 246 g/mol. The Morgan fingerprint density at radius 3 is 2.76 bits per heavy atom. The summed E-state index contributed by atoms with van der Waals surface area (Å²) in [6.07, 6.45) is 3.46. The highest BCUT2D eigenvalue weighted by Crippen LogP contribution is 2.16. The van der Waals surface area contributed by atoms with E-state index in [0.717, 1.165) is 0 Å². The van der Waals surface area contributed by atoms with E-state index in [1.165, 1.54) is 17.8 Å². The van der Waals surface area contributed by atoms with Crippen LogP contribution in [0.15, 0.2) is 46.5 Å². The van der Waals surface area contributed by atoms with Gasteiger partial charge in [0.25, 0.3) is 0 Å². The van der Waals surface area contributed by atoms with Crippen molar-refractivity contribution in [2.24, 2.45) is 0 Å². The summed E-state index contributed by atoms with van der Waals surface area (Å²) in [6, 6.07) is 7.95. The van der Waals surface area contributed by atoms with Gasteiger partial charge in [-0.2, -0.15) is 0 Å². The molecule has 4 nitrogen and oxygen atoms in total. The molecule has 0 fully saturated rings. The molecule has 0 spiro atoms. The van der Waals surface area contributed by atoms with Gasteiger partial charge in [0, 0.05) is 6.20 Å². The third kappa shape index (κ3) is 2.45.